The highest BCUT2D eigenvalue weighted by Crippen LogP contribution is 2.43. The van der Waals surface area contributed by atoms with Crippen molar-refractivity contribution in [3.63, 3.8) is 0 Å². The van der Waals surface area contributed by atoms with Crippen molar-refractivity contribution in [2.45, 2.75) is 44.1 Å². The van der Waals surface area contributed by atoms with Gasteiger partial charge in [-0.2, -0.15) is 0 Å². The largest absolute Gasteiger partial charge is 0.398 e. The highest BCUT2D eigenvalue weighted by atomic mass is 28.4. The Labute approximate surface area is 105 Å². The molecular formula is C12H24O4Si. The summed E-state index contributed by atoms with van der Waals surface area (Å²) in [5.41, 5.74) is 0. The summed E-state index contributed by atoms with van der Waals surface area (Å²) in [7, 11) is 1.35. The zero-order chi connectivity index (χ0) is 12.5. The number of aliphatic hydroxyl groups is 1. The van der Waals surface area contributed by atoms with Gasteiger partial charge in [-0.15, -0.1) is 0 Å². The smallest absolute Gasteiger partial charge is 0.334 e. The maximum Gasteiger partial charge on any atom is 0.334 e. The lowest BCUT2D eigenvalue weighted by Gasteiger charge is -2.32. The molecule has 0 aromatic rings. The molecule has 0 bridgehead atoms. The topological polar surface area (TPSA) is 51.2 Å². The van der Waals surface area contributed by atoms with Crippen LogP contribution < -0.4 is 0 Å². The molecule has 17 heavy (non-hydrogen) atoms. The van der Waals surface area contributed by atoms with Crippen LogP contribution in [-0.2, 0) is 13.6 Å². The fourth-order valence-corrected chi connectivity index (χ4v) is 4.88. The van der Waals surface area contributed by atoms with E-state index >= 15 is 0 Å². The molecule has 1 aliphatic heterocycles. The zero-order valence-electron chi connectivity index (χ0n) is 11.0. The predicted molar refractivity (Wildman–Crippen MR) is 67.0 cm³/mol. The second-order valence-electron chi connectivity index (χ2n) is 5.47. The van der Waals surface area contributed by atoms with Gasteiger partial charge >= 0.3 is 8.56 Å². The molecule has 2 rings (SSSR count). The first-order valence-corrected chi connectivity index (χ1v) is 9.01. The molecule has 0 spiro atoms. The summed E-state index contributed by atoms with van der Waals surface area (Å²) < 4.78 is 16.6. The molecule has 1 heterocycles. The third-order valence-corrected chi connectivity index (χ3v) is 7.44. The van der Waals surface area contributed by atoms with E-state index in [0.717, 1.165) is 18.9 Å². The molecule has 2 fully saturated rings. The van der Waals surface area contributed by atoms with Gasteiger partial charge in [-0.3, -0.25) is 0 Å². The average molecular weight is 260 g/mol. The Morgan fingerprint density at radius 2 is 2.00 bits per heavy atom. The van der Waals surface area contributed by atoms with Crippen LogP contribution in [0, 0.1) is 11.8 Å². The fourth-order valence-electron chi connectivity index (χ4n) is 2.97. The predicted octanol–water partition coefficient (Wildman–Crippen LogP) is 1.53. The molecule has 4 atom stereocenters. The maximum atomic E-state index is 9.60. The molecule has 0 aromatic heterocycles. The molecule has 4 unspecified atom stereocenters. The first kappa shape index (κ1) is 13.5. The van der Waals surface area contributed by atoms with Crippen LogP contribution in [0.15, 0.2) is 0 Å². The molecule has 2 aliphatic rings. The molecule has 0 radical (unpaired) electrons. The van der Waals surface area contributed by atoms with Gasteiger partial charge in [0.05, 0.1) is 12.2 Å². The van der Waals surface area contributed by atoms with E-state index in [9.17, 15) is 5.11 Å². The van der Waals surface area contributed by atoms with Crippen LogP contribution >= 0.6 is 0 Å². The van der Waals surface area contributed by atoms with Crippen molar-refractivity contribution in [2.75, 3.05) is 20.8 Å². The van der Waals surface area contributed by atoms with Gasteiger partial charge in [0.25, 0.3) is 0 Å². The molecule has 4 nitrogen and oxygen atoms in total. The van der Waals surface area contributed by atoms with Crippen molar-refractivity contribution in [3.8, 4) is 0 Å². The molecule has 1 aliphatic carbocycles. The summed E-state index contributed by atoms with van der Waals surface area (Å²) >= 11 is 0. The Bertz CT molecular complexity index is 257. The van der Waals surface area contributed by atoms with Crippen molar-refractivity contribution >= 4 is 8.56 Å². The monoisotopic (exact) mass is 260 g/mol. The van der Waals surface area contributed by atoms with Crippen LogP contribution in [-0.4, -0.2) is 46.7 Å². The van der Waals surface area contributed by atoms with Gasteiger partial charge in [-0.1, -0.05) is 0 Å². The number of rotatable bonds is 6. The molecule has 1 N–H and O–H groups in total. The van der Waals surface area contributed by atoms with Crippen molar-refractivity contribution in [1.82, 2.24) is 0 Å². The van der Waals surface area contributed by atoms with E-state index in [1.54, 1.807) is 14.2 Å². The van der Waals surface area contributed by atoms with E-state index in [1.165, 1.54) is 6.42 Å². The minimum atomic E-state index is -2.07. The Kier molecular flexibility index (Phi) is 4.25. The van der Waals surface area contributed by atoms with E-state index in [2.05, 4.69) is 6.55 Å². The van der Waals surface area contributed by atoms with Gasteiger partial charge < -0.3 is 18.7 Å². The van der Waals surface area contributed by atoms with Crippen LogP contribution in [0.2, 0.25) is 12.6 Å². The lowest BCUT2D eigenvalue weighted by atomic mass is 9.81. The van der Waals surface area contributed by atoms with Crippen LogP contribution in [0.1, 0.15) is 19.3 Å². The van der Waals surface area contributed by atoms with E-state index in [-0.39, 0.29) is 6.61 Å². The Morgan fingerprint density at radius 3 is 2.53 bits per heavy atom. The molecule has 0 amide bonds. The number of aliphatic hydroxyl groups excluding tert-OH is 1. The minimum absolute atomic E-state index is 0.233. The minimum Gasteiger partial charge on any atom is -0.398 e. The summed E-state index contributed by atoms with van der Waals surface area (Å²) in [6.07, 6.45) is 4.43. The Hall–Kier alpha value is 0.0569. The van der Waals surface area contributed by atoms with Crippen LogP contribution in [0.4, 0.5) is 0 Å². The number of ether oxygens (including phenoxy) is 1. The van der Waals surface area contributed by atoms with Crippen molar-refractivity contribution in [3.05, 3.63) is 0 Å². The van der Waals surface area contributed by atoms with E-state index in [1.807, 2.05) is 0 Å². The van der Waals surface area contributed by atoms with E-state index in [0.29, 0.717) is 24.0 Å². The highest BCUT2D eigenvalue weighted by molar-refractivity contribution is 6.66. The normalized spacial score (nSPS) is 34.2. The molecule has 1 saturated carbocycles. The second-order valence-corrected chi connectivity index (χ2v) is 8.97. The fraction of sp³-hybridized carbons (Fsp3) is 1.00. The average Bonchev–Trinajstić information content (AvgIpc) is 3.13. The number of epoxide rings is 1. The Morgan fingerprint density at radius 1 is 1.29 bits per heavy atom. The summed E-state index contributed by atoms with van der Waals surface area (Å²) in [5, 5.41) is 9.60. The third-order valence-electron chi connectivity index (χ3n) is 4.44. The van der Waals surface area contributed by atoms with Crippen molar-refractivity contribution in [1.29, 1.82) is 0 Å². The van der Waals surface area contributed by atoms with Crippen molar-refractivity contribution < 1.29 is 18.7 Å². The summed E-state index contributed by atoms with van der Waals surface area (Å²) in [5.74, 6) is 0.873. The highest BCUT2D eigenvalue weighted by Gasteiger charge is 2.46. The van der Waals surface area contributed by atoms with Gasteiger partial charge in [0.1, 0.15) is 0 Å². The number of fused-ring (bicyclic) bond motifs is 1. The van der Waals surface area contributed by atoms with E-state index < -0.39 is 8.56 Å². The molecule has 0 aromatic carbocycles. The first-order valence-electron chi connectivity index (χ1n) is 6.48. The van der Waals surface area contributed by atoms with Crippen molar-refractivity contribution in [2.24, 2.45) is 11.8 Å². The SMILES string of the molecule is CO[Si](C)(CC(CO)C1CCC2OC2C1)OC. The lowest BCUT2D eigenvalue weighted by molar-refractivity contribution is 0.148. The van der Waals surface area contributed by atoms with Crippen LogP contribution in [0.25, 0.3) is 0 Å². The standard InChI is InChI=1S/C12H24O4Si/c1-14-17(3,15-2)8-10(7-13)9-4-5-11-12(6-9)16-11/h9-13H,4-8H2,1-3H3. The Balaban J connectivity index is 1.91. The summed E-state index contributed by atoms with van der Waals surface area (Å²) in [4.78, 5) is 0. The maximum absolute atomic E-state index is 9.60. The quantitative estimate of drug-likeness (QED) is 0.581. The lowest BCUT2D eigenvalue weighted by Crippen LogP contribution is -2.41. The van der Waals surface area contributed by atoms with Gasteiger partial charge in [-0.05, 0) is 43.7 Å². The molecule has 100 valence electrons. The van der Waals surface area contributed by atoms with Crippen LogP contribution in [0.3, 0.4) is 0 Å². The molecular weight excluding hydrogens is 236 g/mol. The second kappa shape index (κ2) is 5.36. The summed E-state index contributed by atoms with van der Waals surface area (Å²) in [6, 6.07) is 0.874. The zero-order valence-corrected chi connectivity index (χ0v) is 12.0. The van der Waals surface area contributed by atoms with Gasteiger partial charge in [0, 0.05) is 20.8 Å². The summed E-state index contributed by atoms with van der Waals surface area (Å²) in [6.45, 7) is 2.30. The molecule has 5 heteroatoms. The number of hydrogen-bond donors (Lipinski definition) is 1. The molecule has 1 saturated heterocycles. The van der Waals surface area contributed by atoms with Gasteiger partial charge in [0.2, 0.25) is 0 Å². The van der Waals surface area contributed by atoms with Crippen LogP contribution in [0.5, 0.6) is 0 Å². The number of hydrogen-bond acceptors (Lipinski definition) is 4. The van der Waals surface area contributed by atoms with Gasteiger partial charge in [-0.25, -0.2) is 0 Å². The van der Waals surface area contributed by atoms with E-state index in [4.69, 9.17) is 13.6 Å². The first-order chi connectivity index (χ1) is 8.11. The van der Waals surface area contributed by atoms with Gasteiger partial charge in [0.15, 0.2) is 0 Å². The third kappa shape index (κ3) is 3.09.